The number of aryl methyl sites for hydroxylation is 1. The molecule has 1 aliphatic rings. The van der Waals surface area contributed by atoms with E-state index in [9.17, 15) is 9.59 Å². The first-order chi connectivity index (χ1) is 12.7. The molecule has 0 radical (unpaired) electrons. The molecule has 3 N–H and O–H groups in total. The van der Waals surface area contributed by atoms with Gasteiger partial charge in [0.2, 0.25) is 5.91 Å². The number of carbonyl (C=O) groups excluding carboxylic acids is 2. The van der Waals surface area contributed by atoms with Crippen molar-refractivity contribution in [2.75, 3.05) is 18.4 Å². The summed E-state index contributed by atoms with van der Waals surface area (Å²) in [7, 11) is 0. The SMILES string of the molecule is Cl.O=C(CCCc1cccs1)Nc1cccc(C(=O)NCC2CCCN2)c1. The van der Waals surface area contributed by atoms with Gasteiger partial charge in [-0.1, -0.05) is 12.1 Å². The monoisotopic (exact) mass is 407 g/mol. The zero-order chi connectivity index (χ0) is 18.2. The van der Waals surface area contributed by atoms with Crippen LogP contribution in [0.1, 0.15) is 40.9 Å². The Hall–Kier alpha value is -1.89. The highest BCUT2D eigenvalue weighted by Gasteiger charge is 2.15. The van der Waals surface area contributed by atoms with Crippen molar-refractivity contribution in [1.82, 2.24) is 10.6 Å². The van der Waals surface area contributed by atoms with Gasteiger partial charge in [0.1, 0.15) is 0 Å². The topological polar surface area (TPSA) is 70.2 Å². The molecule has 2 heterocycles. The zero-order valence-electron chi connectivity index (χ0n) is 15.2. The molecule has 1 fully saturated rings. The van der Waals surface area contributed by atoms with Gasteiger partial charge in [0, 0.05) is 35.1 Å². The smallest absolute Gasteiger partial charge is 0.251 e. The average molecular weight is 408 g/mol. The second-order valence-electron chi connectivity index (χ2n) is 6.57. The predicted octanol–water partition coefficient (Wildman–Crippen LogP) is 3.61. The lowest BCUT2D eigenvalue weighted by molar-refractivity contribution is -0.116. The van der Waals surface area contributed by atoms with Crippen LogP contribution in [0, 0.1) is 0 Å². The molecule has 5 nitrogen and oxygen atoms in total. The van der Waals surface area contributed by atoms with Crippen molar-refractivity contribution < 1.29 is 9.59 Å². The minimum Gasteiger partial charge on any atom is -0.350 e. The van der Waals surface area contributed by atoms with Crippen molar-refractivity contribution in [3.63, 3.8) is 0 Å². The Morgan fingerprint density at radius 1 is 1.22 bits per heavy atom. The third kappa shape index (κ3) is 6.97. The summed E-state index contributed by atoms with van der Waals surface area (Å²) in [6.07, 6.45) is 4.47. The molecule has 1 atom stereocenters. The van der Waals surface area contributed by atoms with Crippen molar-refractivity contribution in [3.8, 4) is 0 Å². The van der Waals surface area contributed by atoms with E-state index in [0.29, 0.717) is 30.3 Å². The molecule has 0 bridgehead atoms. The van der Waals surface area contributed by atoms with Gasteiger partial charge in [-0.25, -0.2) is 0 Å². The van der Waals surface area contributed by atoms with Crippen LogP contribution in [0.5, 0.6) is 0 Å². The summed E-state index contributed by atoms with van der Waals surface area (Å²) in [4.78, 5) is 25.7. The molecule has 7 heteroatoms. The fourth-order valence-corrected chi connectivity index (χ4v) is 3.84. The number of benzene rings is 1. The quantitative estimate of drug-likeness (QED) is 0.626. The fraction of sp³-hybridized carbons (Fsp3) is 0.400. The normalized spacial score (nSPS) is 15.8. The zero-order valence-corrected chi connectivity index (χ0v) is 16.8. The Morgan fingerprint density at radius 3 is 2.85 bits per heavy atom. The Labute approximate surface area is 170 Å². The summed E-state index contributed by atoms with van der Waals surface area (Å²) in [5.41, 5.74) is 1.23. The van der Waals surface area contributed by atoms with Crippen molar-refractivity contribution in [2.24, 2.45) is 0 Å². The van der Waals surface area contributed by atoms with Gasteiger partial charge in [-0.05, 0) is 61.9 Å². The molecule has 2 amide bonds. The van der Waals surface area contributed by atoms with Gasteiger partial charge in [-0.2, -0.15) is 0 Å². The number of hydrogen-bond acceptors (Lipinski definition) is 4. The summed E-state index contributed by atoms with van der Waals surface area (Å²) < 4.78 is 0. The van der Waals surface area contributed by atoms with E-state index in [1.54, 1.807) is 29.5 Å². The highest BCUT2D eigenvalue weighted by atomic mass is 35.5. The van der Waals surface area contributed by atoms with Crippen molar-refractivity contribution >= 4 is 41.2 Å². The molecular weight excluding hydrogens is 382 g/mol. The lowest BCUT2D eigenvalue weighted by atomic mass is 10.1. The first-order valence-electron chi connectivity index (χ1n) is 9.14. The number of amides is 2. The van der Waals surface area contributed by atoms with Gasteiger partial charge in [-0.3, -0.25) is 9.59 Å². The minimum atomic E-state index is -0.104. The van der Waals surface area contributed by atoms with E-state index in [2.05, 4.69) is 27.4 Å². The number of anilines is 1. The van der Waals surface area contributed by atoms with E-state index in [-0.39, 0.29) is 24.2 Å². The summed E-state index contributed by atoms with van der Waals surface area (Å²) in [5.74, 6) is -0.123. The maximum atomic E-state index is 12.3. The summed E-state index contributed by atoms with van der Waals surface area (Å²) >= 11 is 1.72. The van der Waals surface area contributed by atoms with Crippen LogP contribution in [-0.2, 0) is 11.2 Å². The van der Waals surface area contributed by atoms with E-state index in [1.807, 2.05) is 12.1 Å². The van der Waals surface area contributed by atoms with Crippen LogP contribution < -0.4 is 16.0 Å². The number of thiophene rings is 1. The van der Waals surface area contributed by atoms with Gasteiger partial charge in [0.05, 0.1) is 0 Å². The number of halogens is 1. The third-order valence-electron chi connectivity index (χ3n) is 4.49. The van der Waals surface area contributed by atoms with Crippen LogP contribution in [0.4, 0.5) is 5.69 Å². The predicted molar refractivity (Wildman–Crippen MR) is 113 cm³/mol. The molecule has 1 aromatic heterocycles. The van der Waals surface area contributed by atoms with Crippen molar-refractivity contribution in [3.05, 3.63) is 52.2 Å². The minimum absolute atomic E-state index is 0. The lowest BCUT2D eigenvalue weighted by Crippen LogP contribution is -2.37. The highest BCUT2D eigenvalue weighted by Crippen LogP contribution is 2.14. The highest BCUT2D eigenvalue weighted by molar-refractivity contribution is 7.09. The van der Waals surface area contributed by atoms with Crippen LogP contribution in [0.2, 0.25) is 0 Å². The van der Waals surface area contributed by atoms with Crippen LogP contribution in [0.3, 0.4) is 0 Å². The first kappa shape index (κ1) is 21.4. The van der Waals surface area contributed by atoms with Crippen LogP contribution in [-0.4, -0.2) is 30.9 Å². The standard InChI is InChI=1S/C20H25N3O2S.ClH/c24-19(10-2-8-18-9-4-12-26-18)23-16-6-1-5-15(13-16)20(25)22-14-17-7-3-11-21-17;/h1,4-6,9,12-13,17,21H,2-3,7-8,10-11,14H2,(H,22,25)(H,23,24);1H. The Bertz CT molecular complexity index is 731. The van der Waals surface area contributed by atoms with Crippen LogP contribution >= 0.6 is 23.7 Å². The van der Waals surface area contributed by atoms with Gasteiger partial charge in [0.15, 0.2) is 0 Å². The van der Waals surface area contributed by atoms with Crippen molar-refractivity contribution in [2.45, 2.75) is 38.1 Å². The molecular formula is C20H26ClN3O2S. The van der Waals surface area contributed by atoms with E-state index < -0.39 is 0 Å². The third-order valence-corrected chi connectivity index (χ3v) is 5.42. The van der Waals surface area contributed by atoms with E-state index in [4.69, 9.17) is 0 Å². The number of carbonyl (C=O) groups is 2. The summed E-state index contributed by atoms with van der Waals surface area (Å²) in [6, 6.07) is 11.6. The molecule has 146 valence electrons. The fourth-order valence-electron chi connectivity index (χ4n) is 3.09. The molecule has 2 aromatic rings. The van der Waals surface area contributed by atoms with Crippen LogP contribution in [0.15, 0.2) is 41.8 Å². The van der Waals surface area contributed by atoms with Gasteiger partial charge in [0.25, 0.3) is 5.91 Å². The molecule has 1 aliphatic heterocycles. The molecule has 1 saturated heterocycles. The first-order valence-corrected chi connectivity index (χ1v) is 10.0. The second-order valence-corrected chi connectivity index (χ2v) is 7.60. The van der Waals surface area contributed by atoms with E-state index >= 15 is 0 Å². The molecule has 1 aromatic carbocycles. The van der Waals surface area contributed by atoms with Crippen molar-refractivity contribution in [1.29, 1.82) is 0 Å². The van der Waals surface area contributed by atoms with Gasteiger partial charge >= 0.3 is 0 Å². The second kappa shape index (κ2) is 11.1. The van der Waals surface area contributed by atoms with Gasteiger partial charge in [-0.15, -0.1) is 23.7 Å². The average Bonchev–Trinajstić information content (AvgIpc) is 3.34. The largest absolute Gasteiger partial charge is 0.350 e. The number of hydrogen-bond donors (Lipinski definition) is 3. The lowest BCUT2D eigenvalue weighted by Gasteiger charge is -2.12. The number of nitrogens with one attached hydrogen (secondary N) is 3. The molecule has 3 rings (SSSR count). The Balaban J connectivity index is 0.00000261. The Kier molecular flexibility index (Phi) is 8.78. The molecule has 0 spiro atoms. The summed E-state index contributed by atoms with van der Waals surface area (Å²) in [6.45, 7) is 1.66. The van der Waals surface area contributed by atoms with Crippen LogP contribution in [0.25, 0.3) is 0 Å². The maximum Gasteiger partial charge on any atom is 0.251 e. The van der Waals surface area contributed by atoms with E-state index in [0.717, 1.165) is 32.2 Å². The molecule has 0 aliphatic carbocycles. The molecule has 1 unspecified atom stereocenters. The number of rotatable bonds is 8. The maximum absolute atomic E-state index is 12.3. The van der Waals surface area contributed by atoms with Gasteiger partial charge < -0.3 is 16.0 Å². The molecule has 27 heavy (non-hydrogen) atoms. The Morgan fingerprint density at radius 2 is 2.11 bits per heavy atom. The van der Waals surface area contributed by atoms with E-state index in [1.165, 1.54) is 4.88 Å². The molecule has 0 saturated carbocycles. The summed E-state index contributed by atoms with van der Waals surface area (Å²) in [5, 5.41) is 11.3.